The molecule has 0 radical (unpaired) electrons. The van der Waals surface area contributed by atoms with Crippen LogP contribution in [0.25, 0.3) is 0 Å². The third kappa shape index (κ3) is 7.18. The molecule has 2 aromatic carbocycles. The minimum atomic E-state index is -4.89. The van der Waals surface area contributed by atoms with Crippen LogP contribution in [0.4, 0.5) is 18.9 Å². The van der Waals surface area contributed by atoms with Gasteiger partial charge < -0.3 is 14.6 Å². The van der Waals surface area contributed by atoms with Crippen LogP contribution in [0.3, 0.4) is 0 Å². The molecule has 0 aliphatic carbocycles. The van der Waals surface area contributed by atoms with Crippen LogP contribution in [0.2, 0.25) is 0 Å². The molecule has 0 heterocycles. The number of aryl methyl sites for hydroxylation is 1. The fraction of sp³-hybridized carbons (Fsp3) is 0.278. The van der Waals surface area contributed by atoms with Crippen LogP contribution >= 0.6 is 0 Å². The van der Waals surface area contributed by atoms with Crippen molar-refractivity contribution in [1.29, 1.82) is 0 Å². The first-order valence-corrected chi connectivity index (χ1v) is 9.78. The van der Waals surface area contributed by atoms with Gasteiger partial charge in [-0.3, -0.25) is 9.52 Å². The lowest BCUT2D eigenvalue weighted by molar-refractivity contribution is -0.274. The van der Waals surface area contributed by atoms with E-state index in [2.05, 4.69) is 9.46 Å². The van der Waals surface area contributed by atoms with Gasteiger partial charge in [0.05, 0.1) is 17.2 Å². The van der Waals surface area contributed by atoms with Gasteiger partial charge in [-0.15, -0.1) is 13.2 Å². The summed E-state index contributed by atoms with van der Waals surface area (Å²) in [5.41, 5.74) is 0.399. The van der Waals surface area contributed by atoms with Crippen LogP contribution in [-0.2, 0) is 14.8 Å². The van der Waals surface area contributed by atoms with Crippen LogP contribution in [0.15, 0.2) is 47.4 Å². The monoisotopic (exact) mass is 433 g/mol. The van der Waals surface area contributed by atoms with Gasteiger partial charge in [-0.05, 0) is 49.2 Å². The maximum atomic E-state index is 12.5. The van der Waals surface area contributed by atoms with E-state index in [1.807, 2.05) is 0 Å². The minimum absolute atomic E-state index is 0.0491. The molecule has 29 heavy (non-hydrogen) atoms. The Labute approximate surface area is 165 Å². The Bertz CT molecular complexity index is 976. The quantitative estimate of drug-likeness (QED) is 0.581. The van der Waals surface area contributed by atoms with Crippen molar-refractivity contribution in [2.75, 3.05) is 11.3 Å². The van der Waals surface area contributed by atoms with E-state index in [9.17, 15) is 26.4 Å². The number of aliphatic carboxylic acids is 1. The van der Waals surface area contributed by atoms with Crippen LogP contribution < -0.4 is 14.2 Å². The third-order valence-corrected chi connectivity index (χ3v) is 4.95. The van der Waals surface area contributed by atoms with Gasteiger partial charge in [0.15, 0.2) is 0 Å². The number of benzene rings is 2. The molecule has 0 amide bonds. The second-order valence-electron chi connectivity index (χ2n) is 5.95. The van der Waals surface area contributed by atoms with Gasteiger partial charge in [0.1, 0.15) is 11.5 Å². The number of alkyl halides is 3. The summed E-state index contributed by atoms with van der Waals surface area (Å²) in [7, 11) is -4.07. The summed E-state index contributed by atoms with van der Waals surface area (Å²) in [6, 6.07) is 8.51. The molecule has 0 atom stereocenters. The van der Waals surface area contributed by atoms with Gasteiger partial charge in [0.25, 0.3) is 10.0 Å². The maximum Gasteiger partial charge on any atom is 0.573 e. The fourth-order valence-electron chi connectivity index (χ4n) is 2.33. The summed E-state index contributed by atoms with van der Waals surface area (Å²) >= 11 is 0. The summed E-state index contributed by atoms with van der Waals surface area (Å²) in [5.74, 6) is -1.10. The summed E-state index contributed by atoms with van der Waals surface area (Å²) in [5, 5.41) is 8.59. The van der Waals surface area contributed by atoms with Crippen molar-refractivity contribution >= 4 is 21.7 Å². The molecule has 158 valence electrons. The molecular formula is C18H18F3NO6S. The van der Waals surface area contributed by atoms with Crippen molar-refractivity contribution in [1.82, 2.24) is 0 Å². The number of halogens is 3. The first-order chi connectivity index (χ1) is 13.5. The highest BCUT2D eigenvalue weighted by molar-refractivity contribution is 7.92. The SMILES string of the molecule is Cc1cc(S(=O)(=O)Nc2cccc(OC(F)(F)F)c2)ccc1OCCCC(=O)O. The Morgan fingerprint density at radius 1 is 1.17 bits per heavy atom. The Balaban J connectivity index is 2.10. The molecule has 0 fully saturated rings. The molecule has 0 saturated heterocycles. The van der Waals surface area contributed by atoms with Crippen molar-refractivity contribution in [2.24, 2.45) is 0 Å². The predicted molar refractivity (Wildman–Crippen MR) is 97.5 cm³/mol. The maximum absolute atomic E-state index is 12.5. The predicted octanol–water partition coefficient (Wildman–Crippen LogP) is 3.94. The van der Waals surface area contributed by atoms with Gasteiger partial charge in [0, 0.05) is 12.5 Å². The number of ether oxygens (including phenoxy) is 2. The molecule has 0 saturated carbocycles. The van der Waals surface area contributed by atoms with Crippen LogP contribution in [-0.4, -0.2) is 32.5 Å². The Kier molecular flexibility index (Phi) is 6.96. The third-order valence-electron chi connectivity index (χ3n) is 3.57. The van der Waals surface area contributed by atoms with E-state index in [-0.39, 0.29) is 23.6 Å². The van der Waals surface area contributed by atoms with Gasteiger partial charge in [-0.25, -0.2) is 8.42 Å². The molecule has 0 unspecified atom stereocenters. The largest absolute Gasteiger partial charge is 0.573 e. The van der Waals surface area contributed by atoms with Crippen molar-refractivity contribution in [3.8, 4) is 11.5 Å². The highest BCUT2D eigenvalue weighted by Crippen LogP contribution is 2.27. The minimum Gasteiger partial charge on any atom is -0.493 e. The smallest absolute Gasteiger partial charge is 0.493 e. The molecule has 7 nitrogen and oxygen atoms in total. The highest BCUT2D eigenvalue weighted by atomic mass is 32.2. The number of carboxylic acids is 1. The molecule has 2 N–H and O–H groups in total. The molecule has 0 aliphatic rings. The molecule has 0 spiro atoms. The number of anilines is 1. The molecule has 0 aromatic heterocycles. The van der Waals surface area contributed by atoms with E-state index in [0.717, 1.165) is 12.1 Å². The van der Waals surface area contributed by atoms with Crippen LogP contribution in [0.5, 0.6) is 11.5 Å². The number of carbonyl (C=O) groups is 1. The van der Waals surface area contributed by atoms with E-state index < -0.39 is 28.1 Å². The van der Waals surface area contributed by atoms with Gasteiger partial charge in [-0.1, -0.05) is 6.07 Å². The Morgan fingerprint density at radius 2 is 1.90 bits per heavy atom. The summed E-state index contributed by atoms with van der Waals surface area (Å²) in [6.45, 7) is 1.77. The number of hydrogen-bond donors (Lipinski definition) is 2. The lowest BCUT2D eigenvalue weighted by Crippen LogP contribution is -2.17. The second kappa shape index (κ2) is 9.03. The van der Waals surface area contributed by atoms with Crippen molar-refractivity contribution in [3.05, 3.63) is 48.0 Å². The number of hydrogen-bond acceptors (Lipinski definition) is 5. The van der Waals surface area contributed by atoms with Crippen molar-refractivity contribution in [3.63, 3.8) is 0 Å². The van der Waals surface area contributed by atoms with Crippen LogP contribution in [0.1, 0.15) is 18.4 Å². The summed E-state index contributed by atoms with van der Waals surface area (Å²) < 4.78 is 73.3. The molecule has 11 heteroatoms. The number of sulfonamides is 1. The first-order valence-electron chi connectivity index (χ1n) is 8.30. The van der Waals surface area contributed by atoms with E-state index in [0.29, 0.717) is 17.7 Å². The average Bonchev–Trinajstić information content (AvgIpc) is 2.58. The normalized spacial score (nSPS) is 11.7. The van der Waals surface area contributed by atoms with Crippen molar-refractivity contribution < 1.29 is 41.0 Å². The lowest BCUT2D eigenvalue weighted by atomic mass is 10.2. The zero-order chi connectivity index (χ0) is 21.7. The van der Waals surface area contributed by atoms with E-state index in [1.54, 1.807) is 6.92 Å². The first kappa shape index (κ1) is 22.3. The zero-order valence-corrected chi connectivity index (χ0v) is 16.0. The number of rotatable bonds is 9. The van der Waals surface area contributed by atoms with Gasteiger partial charge in [-0.2, -0.15) is 0 Å². The highest BCUT2D eigenvalue weighted by Gasteiger charge is 2.31. The molecule has 2 rings (SSSR count). The molecule has 0 bridgehead atoms. The van der Waals surface area contributed by atoms with Gasteiger partial charge in [0.2, 0.25) is 0 Å². The second-order valence-corrected chi connectivity index (χ2v) is 7.64. The van der Waals surface area contributed by atoms with Crippen molar-refractivity contribution in [2.45, 2.75) is 31.0 Å². The molecule has 2 aromatic rings. The van der Waals surface area contributed by atoms with E-state index in [1.165, 1.54) is 30.3 Å². The standard InChI is InChI=1S/C18H18F3NO6S/c1-12-10-15(7-8-16(12)27-9-3-6-17(23)24)29(25,26)22-13-4-2-5-14(11-13)28-18(19,20)21/h2,4-5,7-8,10-11,22H,3,6,9H2,1H3,(H,23,24). The topological polar surface area (TPSA) is 102 Å². The number of nitrogens with one attached hydrogen (secondary N) is 1. The zero-order valence-electron chi connectivity index (χ0n) is 15.2. The van der Waals surface area contributed by atoms with Gasteiger partial charge >= 0.3 is 12.3 Å². The van der Waals surface area contributed by atoms with Crippen LogP contribution in [0, 0.1) is 6.92 Å². The Morgan fingerprint density at radius 3 is 2.52 bits per heavy atom. The summed E-state index contributed by atoms with van der Waals surface area (Å²) in [4.78, 5) is 10.4. The molecule has 0 aliphatic heterocycles. The molecular weight excluding hydrogens is 415 g/mol. The van der Waals surface area contributed by atoms with E-state index >= 15 is 0 Å². The number of carboxylic acid groups (broad SMARTS) is 1. The lowest BCUT2D eigenvalue weighted by Gasteiger charge is -2.13. The Hall–Kier alpha value is -2.95. The average molecular weight is 433 g/mol. The van der Waals surface area contributed by atoms with E-state index in [4.69, 9.17) is 9.84 Å². The summed E-state index contributed by atoms with van der Waals surface area (Å²) in [6.07, 6.45) is -4.64. The fourth-order valence-corrected chi connectivity index (χ4v) is 3.46.